The number of morpholine rings is 1. The average molecular weight is 575 g/mol. The van der Waals surface area contributed by atoms with Gasteiger partial charge in [-0.05, 0) is 65.5 Å². The van der Waals surface area contributed by atoms with E-state index in [2.05, 4.69) is 53.0 Å². The molecule has 2 aromatic carbocycles. The van der Waals surface area contributed by atoms with Crippen LogP contribution in [-0.4, -0.2) is 59.1 Å². The van der Waals surface area contributed by atoms with Crippen molar-refractivity contribution in [3.05, 3.63) is 51.8 Å². The predicted octanol–water partition coefficient (Wildman–Crippen LogP) is 6.32. The molecule has 0 bridgehead atoms. The third-order valence-electron chi connectivity index (χ3n) is 6.74. The first-order valence-electron chi connectivity index (χ1n) is 12.2. The van der Waals surface area contributed by atoms with Crippen molar-refractivity contribution in [2.24, 2.45) is 0 Å². The number of nitrogens with zero attached hydrogens (tertiary/aromatic N) is 4. The van der Waals surface area contributed by atoms with Gasteiger partial charge in [0.15, 0.2) is 5.82 Å². The minimum Gasteiger partial charge on any atom is -0.492 e. The van der Waals surface area contributed by atoms with Crippen molar-refractivity contribution in [1.82, 2.24) is 19.7 Å². The molecule has 2 aliphatic rings. The quantitative estimate of drug-likeness (QED) is 0.249. The summed E-state index contributed by atoms with van der Waals surface area (Å²) in [7, 11) is 0. The Balaban J connectivity index is 1.33. The second-order valence-corrected chi connectivity index (χ2v) is 10.5. The van der Waals surface area contributed by atoms with E-state index < -0.39 is 5.82 Å². The lowest BCUT2D eigenvalue weighted by molar-refractivity contribution is 0.0358. The molecule has 1 saturated heterocycles. The highest BCUT2D eigenvalue weighted by Gasteiger charge is 2.29. The molecule has 36 heavy (non-hydrogen) atoms. The maximum atomic E-state index is 13.7. The Morgan fingerprint density at radius 3 is 2.78 bits per heavy atom. The van der Waals surface area contributed by atoms with Crippen LogP contribution in [0, 0.1) is 5.82 Å². The van der Waals surface area contributed by atoms with Crippen molar-refractivity contribution < 1.29 is 13.9 Å². The van der Waals surface area contributed by atoms with E-state index in [0.717, 1.165) is 84.1 Å². The Bertz CT molecular complexity index is 1420. The van der Waals surface area contributed by atoms with E-state index in [-0.39, 0.29) is 5.02 Å². The van der Waals surface area contributed by atoms with Gasteiger partial charge in [-0.2, -0.15) is 5.10 Å². The molecule has 2 fully saturated rings. The van der Waals surface area contributed by atoms with Gasteiger partial charge in [0.05, 0.1) is 51.9 Å². The zero-order valence-corrected chi connectivity index (χ0v) is 22.0. The number of halogens is 3. The van der Waals surface area contributed by atoms with E-state index in [4.69, 9.17) is 21.1 Å². The summed E-state index contributed by atoms with van der Waals surface area (Å²) in [5.41, 5.74) is 2.76. The molecule has 0 amide bonds. The molecule has 1 N–H and O–H groups in total. The van der Waals surface area contributed by atoms with Crippen molar-refractivity contribution >= 4 is 60.8 Å². The van der Waals surface area contributed by atoms with Crippen molar-refractivity contribution in [1.29, 1.82) is 0 Å². The number of hydrogen-bond acceptors (Lipinski definition) is 6. The van der Waals surface area contributed by atoms with Crippen molar-refractivity contribution in [2.75, 3.05) is 44.8 Å². The summed E-state index contributed by atoms with van der Waals surface area (Å²) in [6.07, 6.45) is 5.02. The molecule has 2 aromatic heterocycles. The van der Waals surface area contributed by atoms with E-state index in [1.165, 1.54) is 6.07 Å². The zero-order valence-electron chi connectivity index (χ0n) is 19.6. The number of hydrogen-bond donors (Lipinski definition) is 1. The first-order chi connectivity index (χ1) is 17.6. The van der Waals surface area contributed by atoms with Gasteiger partial charge < -0.3 is 19.4 Å². The van der Waals surface area contributed by atoms with Crippen molar-refractivity contribution in [2.45, 2.75) is 25.3 Å². The van der Waals surface area contributed by atoms with E-state index in [0.29, 0.717) is 24.2 Å². The summed E-state index contributed by atoms with van der Waals surface area (Å²) in [6, 6.07) is 9.18. The number of rotatable bonds is 8. The molecule has 10 heteroatoms. The van der Waals surface area contributed by atoms with Crippen LogP contribution in [0.15, 0.2) is 41.0 Å². The lowest BCUT2D eigenvalue weighted by atomic mass is 10.2. The summed E-state index contributed by atoms with van der Waals surface area (Å²) in [6.45, 7) is 5.18. The summed E-state index contributed by atoms with van der Waals surface area (Å²) < 4.78 is 28.6. The minimum absolute atomic E-state index is 0.0530. The third kappa shape index (κ3) is 4.77. The molecule has 7 nitrogen and oxygen atoms in total. The Hall–Kier alpha value is -2.46. The molecule has 0 radical (unpaired) electrons. The number of anilines is 2. The van der Waals surface area contributed by atoms with Gasteiger partial charge in [-0.1, -0.05) is 11.6 Å². The van der Waals surface area contributed by atoms with Gasteiger partial charge in [0.25, 0.3) is 0 Å². The molecular formula is C26H26BrClFN5O2. The molecule has 1 aliphatic heterocycles. The van der Waals surface area contributed by atoms with Gasteiger partial charge in [0.2, 0.25) is 0 Å². The monoisotopic (exact) mass is 573 g/mol. The van der Waals surface area contributed by atoms with E-state index in [1.807, 2.05) is 6.20 Å². The van der Waals surface area contributed by atoms with Crippen LogP contribution in [-0.2, 0) is 4.74 Å². The van der Waals surface area contributed by atoms with Crippen LogP contribution >= 0.6 is 27.5 Å². The summed E-state index contributed by atoms with van der Waals surface area (Å²) in [4.78, 5) is 2.41. The Morgan fingerprint density at radius 2 is 2.00 bits per heavy atom. The number of aromatic nitrogens is 3. The Labute approximate surface area is 221 Å². The first-order valence-corrected chi connectivity index (χ1v) is 13.4. The molecule has 3 heterocycles. The highest BCUT2D eigenvalue weighted by atomic mass is 79.9. The predicted molar refractivity (Wildman–Crippen MR) is 143 cm³/mol. The fourth-order valence-electron chi connectivity index (χ4n) is 4.83. The smallest absolute Gasteiger partial charge is 0.163 e. The van der Waals surface area contributed by atoms with Gasteiger partial charge >= 0.3 is 0 Å². The van der Waals surface area contributed by atoms with Crippen LogP contribution in [0.25, 0.3) is 21.8 Å². The highest BCUT2D eigenvalue weighted by Crippen LogP contribution is 2.46. The van der Waals surface area contributed by atoms with E-state index in [1.54, 1.807) is 12.1 Å². The second-order valence-electron chi connectivity index (χ2n) is 9.26. The van der Waals surface area contributed by atoms with E-state index in [9.17, 15) is 4.39 Å². The molecule has 1 saturated carbocycles. The minimum atomic E-state index is -0.461. The Kier molecular flexibility index (Phi) is 6.73. The highest BCUT2D eigenvalue weighted by molar-refractivity contribution is 9.10. The van der Waals surface area contributed by atoms with Crippen LogP contribution in [0.2, 0.25) is 5.02 Å². The molecule has 0 spiro atoms. The maximum Gasteiger partial charge on any atom is 0.163 e. The SMILES string of the molecule is Fc1ccc(Nc2nncc3c2c2cc(OCCCN4CCOCC4)c(Br)cc2n3C2CC2)cc1Cl. The lowest BCUT2D eigenvalue weighted by Crippen LogP contribution is -2.37. The first kappa shape index (κ1) is 23.9. The second kappa shape index (κ2) is 10.1. The van der Waals surface area contributed by atoms with Crippen LogP contribution in [0.1, 0.15) is 25.3 Å². The number of benzene rings is 2. The molecule has 4 aromatic rings. The van der Waals surface area contributed by atoms with Crippen LogP contribution in [0.3, 0.4) is 0 Å². The van der Waals surface area contributed by atoms with Crippen LogP contribution in [0.5, 0.6) is 5.75 Å². The van der Waals surface area contributed by atoms with Gasteiger partial charge in [0, 0.05) is 36.7 Å². The van der Waals surface area contributed by atoms with E-state index >= 15 is 0 Å². The average Bonchev–Trinajstić information content (AvgIpc) is 3.67. The fourth-order valence-corrected chi connectivity index (χ4v) is 5.45. The van der Waals surface area contributed by atoms with Crippen molar-refractivity contribution in [3.8, 4) is 5.75 Å². The zero-order chi connectivity index (χ0) is 24.6. The number of ether oxygens (including phenoxy) is 2. The van der Waals surface area contributed by atoms with Crippen LogP contribution < -0.4 is 10.1 Å². The Morgan fingerprint density at radius 1 is 1.17 bits per heavy atom. The standard InChI is InChI=1S/C26H26BrClFN5O2/c27-19-14-22-18(13-24(19)36-9-1-6-33-7-10-35-11-8-33)25-23(34(22)17-3-4-17)15-30-32-26(25)31-16-2-5-21(29)20(28)12-16/h2,5,12-15,17H,1,3-4,6-11H2,(H,31,32). The van der Waals surface area contributed by atoms with Crippen LogP contribution in [0.4, 0.5) is 15.9 Å². The molecule has 0 atom stereocenters. The molecule has 0 unspecified atom stereocenters. The third-order valence-corrected chi connectivity index (χ3v) is 7.65. The molecular weight excluding hydrogens is 549 g/mol. The molecule has 6 rings (SSSR count). The van der Waals surface area contributed by atoms with Crippen molar-refractivity contribution in [3.63, 3.8) is 0 Å². The normalized spacial score (nSPS) is 16.6. The summed E-state index contributed by atoms with van der Waals surface area (Å²) in [5.74, 6) is 0.934. The summed E-state index contributed by atoms with van der Waals surface area (Å²) in [5, 5.41) is 14.0. The topological polar surface area (TPSA) is 64.4 Å². The number of fused-ring (bicyclic) bond motifs is 3. The van der Waals surface area contributed by atoms with Gasteiger partial charge in [0.1, 0.15) is 11.6 Å². The van der Waals surface area contributed by atoms with Gasteiger partial charge in [-0.25, -0.2) is 4.39 Å². The summed E-state index contributed by atoms with van der Waals surface area (Å²) >= 11 is 9.74. The van der Waals surface area contributed by atoms with Gasteiger partial charge in [-0.15, -0.1) is 5.10 Å². The maximum absolute atomic E-state index is 13.7. The lowest BCUT2D eigenvalue weighted by Gasteiger charge is -2.26. The fraction of sp³-hybridized carbons (Fsp3) is 0.385. The molecule has 1 aliphatic carbocycles. The van der Waals surface area contributed by atoms with Gasteiger partial charge in [-0.3, -0.25) is 4.90 Å². The largest absolute Gasteiger partial charge is 0.492 e. The molecule has 188 valence electrons. The number of nitrogens with one attached hydrogen (secondary N) is 1.